The topological polar surface area (TPSA) is 125 Å². The van der Waals surface area contributed by atoms with Gasteiger partial charge in [0.05, 0.1) is 12.1 Å². The van der Waals surface area contributed by atoms with E-state index in [1.165, 1.54) is 4.90 Å². The van der Waals surface area contributed by atoms with Crippen molar-refractivity contribution in [2.75, 3.05) is 13.1 Å². The maximum atomic E-state index is 12.8. The van der Waals surface area contributed by atoms with E-state index >= 15 is 0 Å². The Morgan fingerprint density at radius 2 is 1.80 bits per heavy atom. The minimum Gasteiger partial charge on any atom is -0.480 e. The van der Waals surface area contributed by atoms with Crippen molar-refractivity contribution in [3.63, 3.8) is 0 Å². The number of rotatable bonds is 12. The summed E-state index contributed by atoms with van der Waals surface area (Å²) in [6, 6.07) is 17.7. The van der Waals surface area contributed by atoms with Crippen LogP contribution in [0.5, 0.6) is 0 Å². The molecule has 0 radical (unpaired) electrons. The molecule has 1 fully saturated rings. The molecule has 10 heteroatoms. The lowest BCUT2D eigenvalue weighted by Gasteiger charge is -2.31. The second-order valence-corrected chi connectivity index (χ2v) is 9.77. The first-order valence-electron chi connectivity index (χ1n) is 11.7. The lowest BCUT2D eigenvalue weighted by Crippen LogP contribution is -2.50. The molecule has 0 bridgehead atoms. The van der Waals surface area contributed by atoms with Crippen molar-refractivity contribution < 1.29 is 28.6 Å². The zero-order chi connectivity index (χ0) is 25.2. The van der Waals surface area contributed by atoms with Crippen LogP contribution in [0.3, 0.4) is 0 Å². The first kappa shape index (κ1) is 26.6. The summed E-state index contributed by atoms with van der Waals surface area (Å²) in [6.07, 6.45) is 1.61. The van der Waals surface area contributed by atoms with Gasteiger partial charge < -0.3 is 19.8 Å². The fourth-order valence-corrected chi connectivity index (χ4v) is 5.23. The third kappa shape index (κ3) is 8.62. The van der Waals surface area contributed by atoms with E-state index in [2.05, 4.69) is 10.4 Å². The fourth-order valence-electron chi connectivity index (χ4n) is 4.15. The SMILES string of the molecule is CC(CC(Cc1ccccc1)NC(=O)c1ccccc1)O[PH](=O)NC1CCCN(CC(=O)O)C1=O. The number of piperidine rings is 1. The van der Waals surface area contributed by atoms with Gasteiger partial charge in [-0.2, -0.15) is 0 Å². The van der Waals surface area contributed by atoms with Crippen LogP contribution in [0, 0.1) is 0 Å². The molecule has 0 saturated carbocycles. The summed E-state index contributed by atoms with van der Waals surface area (Å²) < 4.78 is 18.3. The van der Waals surface area contributed by atoms with Crippen LogP contribution in [0.4, 0.5) is 0 Å². The van der Waals surface area contributed by atoms with Gasteiger partial charge in [0.15, 0.2) is 0 Å². The van der Waals surface area contributed by atoms with E-state index in [0.29, 0.717) is 37.8 Å². The molecule has 1 heterocycles. The number of hydrogen-bond acceptors (Lipinski definition) is 5. The normalized spacial score (nSPS) is 18.5. The molecular weight excluding hydrogens is 469 g/mol. The van der Waals surface area contributed by atoms with Crippen LogP contribution in [-0.4, -0.2) is 59.1 Å². The van der Waals surface area contributed by atoms with Crippen LogP contribution in [-0.2, 0) is 25.1 Å². The second-order valence-electron chi connectivity index (χ2n) is 8.67. The molecule has 2 aromatic carbocycles. The summed E-state index contributed by atoms with van der Waals surface area (Å²) in [5.41, 5.74) is 1.60. The Morgan fingerprint density at radius 3 is 2.46 bits per heavy atom. The average Bonchev–Trinajstić information content (AvgIpc) is 2.82. The molecule has 1 aliphatic heterocycles. The number of hydrogen-bond donors (Lipinski definition) is 3. The summed E-state index contributed by atoms with van der Waals surface area (Å²) in [5.74, 6) is -1.67. The zero-order valence-corrected chi connectivity index (χ0v) is 20.7. The van der Waals surface area contributed by atoms with Crippen molar-refractivity contribution in [1.29, 1.82) is 0 Å². The van der Waals surface area contributed by atoms with Crippen LogP contribution < -0.4 is 10.4 Å². The molecule has 0 aliphatic carbocycles. The van der Waals surface area contributed by atoms with E-state index in [-0.39, 0.29) is 24.4 Å². The van der Waals surface area contributed by atoms with Gasteiger partial charge in [-0.15, -0.1) is 0 Å². The predicted octanol–water partition coefficient (Wildman–Crippen LogP) is 2.88. The third-order valence-corrected chi connectivity index (χ3v) is 6.97. The van der Waals surface area contributed by atoms with E-state index in [0.717, 1.165) is 5.56 Å². The Morgan fingerprint density at radius 1 is 1.14 bits per heavy atom. The molecule has 0 aromatic heterocycles. The lowest BCUT2D eigenvalue weighted by molar-refractivity contribution is -0.146. The first-order chi connectivity index (χ1) is 16.8. The second kappa shape index (κ2) is 13.2. The van der Waals surface area contributed by atoms with Crippen molar-refractivity contribution in [2.45, 2.75) is 50.8 Å². The lowest BCUT2D eigenvalue weighted by atomic mass is 10.0. The van der Waals surface area contributed by atoms with Gasteiger partial charge in [0.1, 0.15) is 6.54 Å². The summed E-state index contributed by atoms with van der Waals surface area (Å²) >= 11 is 0. The van der Waals surface area contributed by atoms with E-state index < -0.39 is 26.3 Å². The smallest absolute Gasteiger partial charge is 0.323 e. The van der Waals surface area contributed by atoms with Crippen molar-refractivity contribution >= 4 is 26.0 Å². The van der Waals surface area contributed by atoms with Gasteiger partial charge in [0.2, 0.25) is 5.91 Å². The molecule has 4 atom stereocenters. The van der Waals surface area contributed by atoms with Gasteiger partial charge in [-0.1, -0.05) is 48.5 Å². The Hall–Kier alpha value is -3.00. The Balaban J connectivity index is 1.58. The molecule has 2 aromatic rings. The van der Waals surface area contributed by atoms with Crippen molar-refractivity contribution in [3.8, 4) is 0 Å². The highest BCUT2D eigenvalue weighted by molar-refractivity contribution is 7.36. The van der Waals surface area contributed by atoms with Gasteiger partial charge in [-0.05, 0) is 50.3 Å². The quantitative estimate of drug-likeness (QED) is 0.382. The number of amides is 2. The summed E-state index contributed by atoms with van der Waals surface area (Å²) in [4.78, 5) is 37.5. The molecule has 0 spiro atoms. The number of aliphatic carboxylic acids is 1. The highest BCUT2D eigenvalue weighted by atomic mass is 31.1. The Labute approximate surface area is 205 Å². The Bertz CT molecular complexity index is 1020. The maximum Gasteiger partial charge on any atom is 0.323 e. The average molecular weight is 502 g/mol. The number of carbonyl (C=O) groups excluding carboxylic acids is 2. The molecule has 2 amide bonds. The van der Waals surface area contributed by atoms with Crippen molar-refractivity contribution in [3.05, 3.63) is 71.8 Å². The van der Waals surface area contributed by atoms with Crippen LogP contribution in [0.1, 0.15) is 42.1 Å². The molecule has 3 rings (SSSR count). The van der Waals surface area contributed by atoms with Crippen LogP contribution in [0.25, 0.3) is 0 Å². The standard InChI is InChI=1S/C25H32N3O6P/c1-18(34-35(33)27-22-13-8-14-28(25(22)32)17-23(29)30)15-21(16-19-9-4-2-5-10-19)26-24(31)20-11-6-3-7-12-20/h2-7,9-12,18,21-22,35H,8,13-17H2,1H3,(H,26,31)(H,27,33)(H,29,30). The maximum absolute atomic E-state index is 12.8. The van der Waals surface area contributed by atoms with Gasteiger partial charge >= 0.3 is 5.97 Å². The molecular formula is C25H32N3O6P. The highest BCUT2D eigenvalue weighted by Gasteiger charge is 2.31. The van der Waals surface area contributed by atoms with E-state index in [4.69, 9.17) is 9.63 Å². The summed E-state index contributed by atoms with van der Waals surface area (Å²) in [7, 11) is -2.78. The molecule has 188 valence electrons. The minimum absolute atomic E-state index is 0.198. The molecule has 35 heavy (non-hydrogen) atoms. The van der Waals surface area contributed by atoms with E-state index in [1.807, 2.05) is 36.4 Å². The fraction of sp³-hybridized carbons (Fsp3) is 0.400. The summed E-state index contributed by atoms with van der Waals surface area (Å²) in [6.45, 7) is 1.76. The summed E-state index contributed by atoms with van der Waals surface area (Å²) in [5, 5.41) is 14.8. The largest absolute Gasteiger partial charge is 0.480 e. The first-order valence-corrected chi connectivity index (χ1v) is 13.0. The minimum atomic E-state index is -2.78. The van der Waals surface area contributed by atoms with Crippen LogP contribution >= 0.6 is 8.18 Å². The third-order valence-electron chi connectivity index (χ3n) is 5.77. The molecule has 3 N–H and O–H groups in total. The molecule has 1 saturated heterocycles. The van der Waals surface area contributed by atoms with Gasteiger partial charge in [0.25, 0.3) is 14.1 Å². The van der Waals surface area contributed by atoms with Gasteiger partial charge in [0, 0.05) is 18.2 Å². The number of nitrogens with zero attached hydrogens (tertiary/aromatic N) is 1. The number of likely N-dealkylation sites (tertiary alicyclic amines) is 1. The number of nitrogens with one attached hydrogen (secondary N) is 2. The van der Waals surface area contributed by atoms with E-state index in [9.17, 15) is 18.9 Å². The molecule has 1 aliphatic rings. The van der Waals surface area contributed by atoms with Crippen molar-refractivity contribution in [1.82, 2.24) is 15.3 Å². The number of benzene rings is 2. The van der Waals surface area contributed by atoms with E-state index in [1.54, 1.807) is 31.2 Å². The zero-order valence-electron chi connectivity index (χ0n) is 19.7. The molecule has 4 unspecified atom stereocenters. The number of carboxylic acid groups (broad SMARTS) is 1. The van der Waals surface area contributed by atoms with Crippen LogP contribution in [0.15, 0.2) is 60.7 Å². The number of carbonyl (C=O) groups is 3. The molecule has 9 nitrogen and oxygen atoms in total. The Kier molecular flexibility index (Phi) is 10.0. The number of carboxylic acids is 1. The van der Waals surface area contributed by atoms with Gasteiger partial charge in [-0.3, -0.25) is 18.9 Å². The van der Waals surface area contributed by atoms with Crippen molar-refractivity contribution in [2.24, 2.45) is 0 Å². The monoisotopic (exact) mass is 501 g/mol. The van der Waals surface area contributed by atoms with Gasteiger partial charge in [-0.25, -0.2) is 5.09 Å². The highest BCUT2D eigenvalue weighted by Crippen LogP contribution is 2.26. The van der Waals surface area contributed by atoms with Crippen LogP contribution in [0.2, 0.25) is 0 Å². The predicted molar refractivity (Wildman–Crippen MR) is 132 cm³/mol.